The number of rotatable bonds is 4. The summed E-state index contributed by atoms with van der Waals surface area (Å²) >= 11 is 6.74. The van der Waals surface area contributed by atoms with Gasteiger partial charge in [-0.05, 0) is 60.3 Å². The van der Waals surface area contributed by atoms with Gasteiger partial charge in [-0.2, -0.15) is 0 Å². The van der Waals surface area contributed by atoms with Gasteiger partial charge in [-0.3, -0.25) is 9.59 Å². The zero-order valence-electron chi connectivity index (χ0n) is 13.5. The largest absolute Gasteiger partial charge is 0.497 e. The molecule has 0 unspecified atom stereocenters. The van der Waals surface area contributed by atoms with Crippen molar-refractivity contribution in [2.45, 2.75) is 0 Å². The van der Waals surface area contributed by atoms with Crippen molar-refractivity contribution in [3.05, 3.63) is 58.0 Å². The normalized spacial score (nSPS) is 15.8. The van der Waals surface area contributed by atoms with Crippen molar-refractivity contribution < 1.29 is 19.1 Å². The molecule has 0 N–H and O–H groups in total. The maximum absolute atomic E-state index is 12.7. The molecule has 2 amide bonds. The van der Waals surface area contributed by atoms with Crippen LogP contribution in [0, 0.1) is 0 Å². The van der Waals surface area contributed by atoms with Crippen molar-refractivity contribution in [1.82, 2.24) is 0 Å². The number of thioether (sulfide) groups is 1. The third-order valence-corrected chi connectivity index (χ3v) is 4.72. The molecule has 128 valence electrons. The number of amides is 2. The summed E-state index contributed by atoms with van der Waals surface area (Å²) in [6.07, 6.45) is 1.63. The summed E-state index contributed by atoms with van der Waals surface area (Å²) in [4.78, 5) is 26.4. The van der Waals surface area contributed by atoms with Gasteiger partial charge >= 0.3 is 0 Å². The van der Waals surface area contributed by atoms with Crippen LogP contribution >= 0.6 is 23.4 Å². The molecule has 1 fully saturated rings. The van der Waals surface area contributed by atoms with Crippen molar-refractivity contribution in [3.8, 4) is 11.5 Å². The number of carbonyl (C=O) groups excluding carboxylic acids is 2. The van der Waals surface area contributed by atoms with Crippen molar-refractivity contribution in [1.29, 1.82) is 0 Å². The van der Waals surface area contributed by atoms with Crippen molar-refractivity contribution in [2.75, 3.05) is 19.1 Å². The van der Waals surface area contributed by atoms with Gasteiger partial charge in [-0.1, -0.05) is 11.6 Å². The first-order valence-corrected chi connectivity index (χ1v) is 8.48. The number of halogens is 1. The topological polar surface area (TPSA) is 55.8 Å². The number of anilines is 1. The van der Waals surface area contributed by atoms with Crippen LogP contribution in [0.15, 0.2) is 47.4 Å². The molecule has 0 radical (unpaired) electrons. The number of hydrogen-bond donors (Lipinski definition) is 0. The van der Waals surface area contributed by atoms with Crippen LogP contribution in [0.1, 0.15) is 5.56 Å². The highest BCUT2D eigenvalue weighted by molar-refractivity contribution is 8.19. The number of hydrogen-bond acceptors (Lipinski definition) is 5. The second-order valence-corrected chi connectivity index (χ2v) is 6.53. The fourth-order valence-corrected chi connectivity index (χ4v) is 3.33. The minimum Gasteiger partial charge on any atom is -0.497 e. The predicted octanol–water partition coefficient (Wildman–Crippen LogP) is 4.60. The van der Waals surface area contributed by atoms with Gasteiger partial charge < -0.3 is 9.47 Å². The smallest absolute Gasteiger partial charge is 0.298 e. The first-order valence-electron chi connectivity index (χ1n) is 7.29. The average molecular weight is 376 g/mol. The fourth-order valence-electron chi connectivity index (χ4n) is 2.37. The van der Waals surface area contributed by atoms with Gasteiger partial charge in [0.1, 0.15) is 11.5 Å². The number of methoxy groups -OCH3 is 2. The molecule has 0 spiro atoms. The first-order chi connectivity index (χ1) is 12.0. The maximum atomic E-state index is 12.7. The zero-order valence-corrected chi connectivity index (χ0v) is 15.1. The quantitative estimate of drug-likeness (QED) is 0.731. The molecule has 1 saturated heterocycles. The van der Waals surface area contributed by atoms with Crippen molar-refractivity contribution >= 4 is 46.3 Å². The molecule has 0 bridgehead atoms. The Balaban J connectivity index is 1.97. The summed E-state index contributed by atoms with van der Waals surface area (Å²) in [7, 11) is 3.10. The molecular weight excluding hydrogens is 362 g/mol. The van der Waals surface area contributed by atoms with Crippen LogP contribution in [-0.2, 0) is 4.79 Å². The minimum absolute atomic E-state index is 0.312. The monoisotopic (exact) mass is 375 g/mol. The third kappa shape index (κ3) is 3.50. The Kier molecular flexibility index (Phi) is 5.01. The molecule has 7 heteroatoms. The number of ether oxygens (including phenoxy) is 2. The highest BCUT2D eigenvalue weighted by Crippen LogP contribution is 2.37. The lowest BCUT2D eigenvalue weighted by atomic mass is 10.1. The van der Waals surface area contributed by atoms with Gasteiger partial charge in [0.25, 0.3) is 11.1 Å². The van der Waals surface area contributed by atoms with Crippen LogP contribution in [0.5, 0.6) is 11.5 Å². The third-order valence-electron chi connectivity index (χ3n) is 3.60. The lowest BCUT2D eigenvalue weighted by molar-refractivity contribution is -0.113. The van der Waals surface area contributed by atoms with Gasteiger partial charge in [-0.25, -0.2) is 4.90 Å². The number of imide groups is 1. The number of benzene rings is 2. The van der Waals surface area contributed by atoms with Crippen LogP contribution in [0.25, 0.3) is 6.08 Å². The summed E-state index contributed by atoms with van der Waals surface area (Å²) in [6, 6.07) is 11.8. The van der Waals surface area contributed by atoms with Gasteiger partial charge in [-0.15, -0.1) is 0 Å². The standard InChI is InChI=1S/C18H14ClNO4S/c1-23-14-7-8-15(24-2)11(9-14)10-16-17(21)20(18(22)25-16)13-5-3-12(19)4-6-13/h3-10H,1-2H3/b16-10-. The summed E-state index contributed by atoms with van der Waals surface area (Å²) in [5.74, 6) is 0.824. The molecule has 5 nitrogen and oxygen atoms in total. The molecular formula is C18H14ClNO4S. The van der Waals surface area contributed by atoms with Crippen molar-refractivity contribution in [3.63, 3.8) is 0 Å². The van der Waals surface area contributed by atoms with Gasteiger partial charge in [0.2, 0.25) is 0 Å². The van der Waals surface area contributed by atoms with Gasteiger partial charge in [0, 0.05) is 10.6 Å². The van der Waals surface area contributed by atoms with Gasteiger partial charge in [0.15, 0.2) is 0 Å². The zero-order chi connectivity index (χ0) is 18.0. The van der Waals surface area contributed by atoms with Crippen LogP contribution in [0.2, 0.25) is 5.02 Å². The summed E-state index contributed by atoms with van der Waals surface area (Å²) in [6.45, 7) is 0. The Morgan fingerprint density at radius 2 is 1.76 bits per heavy atom. The molecule has 2 aromatic rings. The fraction of sp³-hybridized carbons (Fsp3) is 0.111. The Bertz CT molecular complexity index is 864. The Hall–Kier alpha value is -2.44. The summed E-state index contributed by atoms with van der Waals surface area (Å²) in [5, 5.41) is 0.174. The minimum atomic E-state index is -0.387. The van der Waals surface area contributed by atoms with E-state index >= 15 is 0 Å². The van der Waals surface area contributed by atoms with Crippen LogP contribution in [0.4, 0.5) is 10.5 Å². The molecule has 0 aliphatic carbocycles. The Morgan fingerprint density at radius 1 is 1.04 bits per heavy atom. The molecule has 1 aliphatic heterocycles. The average Bonchev–Trinajstić information content (AvgIpc) is 2.89. The SMILES string of the molecule is COc1ccc(OC)c(/C=C2\SC(=O)N(c3ccc(Cl)cc3)C2=O)c1. The molecule has 3 rings (SSSR count). The molecule has 25 heavy (non-hydrogen) atoms. The van der Waals surface area contributed by atoms with E-state index < -0.39 is 0 Å². The molecule has 0 aromatic heterocycles. The number of nitrogens with zero attached hydrogens (tertiary/aromatic N) is 1. The van der Waals surface area contributed by atoms with E-state index in [2.05, 4.69) is 0 Å². The Labute approximate surface area is 154 Å². The van der Waals surface area contributed by atoms with E-state index in [9.17, 15) is 9.59 Å². The van der Waals surface area contributed by atoms with Crippen LogP contribution in [-0.4, -0.2) is 25.4 Å². The lowest BCUT2D eigenvalue weighted by Crippen LogP contribution is -2.27. The highest BCUT2D eigenvalue weighted by atomic mass is 35.5. The second-order valence-electron chi connectivity index (χ2n) is 5.10. The molecule has 0 atom stereocenters. The molecule has 0 saturated carbocycles. The molecule has 1 heterocycles. The van der Waals surface area contributed by atoms with E-state index in [0.29, 0.717) is 32.7 Å². The predicted molar refractivity (Wildman–Crippen MR) is 99.4 cm³/mol. The van der Waals surface area contributed by atoms with E-state index in [0.717, 1.165) is 16.7 Å². The van der Waals surface area contributed by atoms with Crippen LogP contribution in [0.3, 0.4) is 0 Å². The van der Waals surface area contributed by atoms with E-state index in [-0.39, 0.29) is 11.1 Å². The van der Waals surface area contributed by atoms with E-state index in [1.165, 1.54) is 0 Å². The van der Waals surface area contributed by atoms with E-state index in [1.54, 1.807) is 62.8 Å². The number of carbonyl (C=O) groups is 2. The molecule has 2 aromatic carbocycles. The summed E-state index contributed by atoms with van der Waals surface area (Å²) in [5.41, 5.74) is 1.14. The van der Waals surface area contributed by atoms with Crippen molar-refractivity contribution in [2.24, 2.45) is 0 Å². The maximum Gasteiger partial charge on any atom is 0.298 e. The lowest BCUT2D eigenvalue weighted by Gasteiger charge is -2.12. The summed E-state index contributed by atoms with van der Waals surface area (Å²) < 4.78 is 10.5. The second kappa shape index (κ2) is 7.21. The van der Waals surface area contributed by atoms with Crippen LogP contribution < -0.4 is 14.4 Å². The van der Waals surface area contributed by atoms with E-state index in [4.69, 9.17) is 21.1 Å². The van der Waals surface area contributed by atoms with Gasteiger partial charge in [0.05, 0.1) is 24.8 Å². The molecule has 1 aliphatic rings. The highest BCUT2D eigenvalue weighted by Gasteiger charge is 2.36. The first kappa shape index (κ1) is 17.4. The van der Waals surface area contributed by atoms with E-state index in [1.807, 2.05) is 0 Å². The Morgan fingerprint density at radius 3 is 2.40 bits per heavy atom.